The summed E-state index contributed by atoms with van der Waals surface area (Å²) in [6.07, 6.45) is 3.05. The summed E-state index contributed by atoms with van der Waals surface area (Å²) >= 11 is 0. The van der Waals surface area contributed by atoms with E-state index in [4.69, 9.17) is 18.9 Å². The predicted octanol–water partition coefficient (Wildman–Crippen LogP) is 2.59. The van der Waals surface area contributed by atoms with Gasteiger partial charge in [-0.05, 0) is 31.2 Å². The molecule has 0 N–H and O–H groups in total. The van der Waals surface area contributed by atoms with Crippen molar-refractivity contribution in [1.82, 2.24) is 0 Å². The van der Waals surface area contributed by atoms with Gasteiger partial charge in [0, 0.05) is 13.5 Å². The van der Waals surface area contributed by atoms with E-state index in [1.165, 1.54) is 14.2 Å². The summed E-state index contributed by atoms with van der Waals surface area (Å²) in [5.74, 6) is -2.65. The first-order valence-electron chi connectivity index (χ1n) is 8.56. The Morgan fingerprint density at radius 1 is 1.20 bits per heavy atom. The average molecular weight is 348 g/mol. The molecule has 1 saturated carbocycles. The van der Waals surface area contributed by atoms with Crippen LogP contribution < -0.4 is 0 Å². The lowest BCUT2D eigenvalue weighted by atomic mass is 9.71. The molecule has 1 spiro atoms. The zero-order valence-corrected chi connectivity index (χ0v) is 14.7. The van der Waals surface area contributed by atoms with Gasteiger partial charge in [-0.2, -0.15) is 0 Å². The number of rotatable bonds is 5. The van der Waals surface area contributed by atoms with E-state index in [-0.39, 0.29) is 18.5 Å². The van der Waals surface area contributed by atoms with Gasteiger partial charge in [-0.3, -0.25) is 4.79 Å². The lowest BCUT2D eigenvalue weighted by Crippen LogP contribution is -2.42. The topological polar surface area (TPSA) is 71.1 Å². The third-order valence-electron chi connectivity index (χ3n) is 5.31. The highest BCUT2D eigenvalue weighted by Gasteiger charge is 2.62. The molecule has 2 aliphatic rings. The van der Waals surface area contributed by atoms with Crippen LogP contribution in [0.5, 0.6) is 0 Å². The lowest BCUT2D eigenvalue weighted by Gasteiger charge is -2.34. The fourth-order valence-electron chi connectivity index (χ4n) is 3.76. The van der Waals surface area contributed by atoms with Crippen LogP contribution in [0.3, 0.4) is 0 Å². The van der Waals surface area contributed by atoms with E-state index >= 15 is 0 Å². The van der Waals surface area contributed by atoms with Gasteiger partial charge in [0.1, 0.15) is 0 Å². The van der Waals surface area contributed by atoms with Crippen molar-refractivity contribution in [3.63, 3.8) is 0 Å². The van der Waals surface area contributed by atoms with Crippen molar-refractivity contribution in [3.05, 3.63) is 35.9 Å². The minimum Gasteiger partial charge on any atom is -0.464 e. The highest BCUT2D eigenvalue weighted by molar-refractivity contribution is 5.88. The molecule has 25 heavy (non-hydrogen) atoms. The summed E-state index contributed by atoms with van der Waals surface area (Å²) in [6.45, 7) is 0.563. The van der Waals surface area contributed by atoms with Crippen molar-refractivity contribution in [2.75, 3.05) is 14.2 Å². The molecule has 1 aliphatic carbocycles. The van der Waals surface area contributed by atoms with Crippen LogP contribution in [-0.2, 0) is 35.1 Å². The fraction of sp³-hybridized carbons (Fsp3) is 0.579. The van der Waals surface area contributed by atoms with E-state index in [0.717, 1.165) is 18.4 Å². The second-order valence-electron chi connectivity index (χ2n) is 6.79. The normalized spacial score (nSPS) is 31.8. The van der Waals surface area contributed by atoms with Gasteiger partial charge < -0.3 is 18.9 Å². The molecule has 6 nitrogen and oxygen atoms in total. The van der Waals surface area contributed by atoms with E-state index in [1.807, 2.05) is 30.3 Å². The lowest BCUT2D eigenvalue weighted by molar-refractivity contribution is -0.220. The monoisotopic (exact) mass is 348 g/mol. The van der Waals surface area contributed by atoms with Gasteiger partial charge in [0.2, 0.25) is 0 Å². The zero-order chi connectivity index (χ0) is 17.9. The van der Waals surface area contributed by atoms with Crippen molar-refractivity contribution in [2.24, 2.45) is 5.41 Å². The molecule has 0 amide bonds. The van der Waals surface area contributed by atoms with Crippen molar-refractivity contribution >= 4 is 11.9 Å². The van der Waals surface area contributed by atoms with E-state index in [9.17, 15) is 9.59 Å². The highest BCUT2D eigenvalue weighted by Crippen LogP contribution is 2.51. The fourth-order valence-corrected chi connectivity index (χ4v) is 3.76. The van der Waals surface area contributed by atoms with Gasteiger partial charge in [-0.1, -0.05) is 30.3 Å². The number of methoxy groups -OCH3 is 2. The quantitative estimate of drug-likeness (QED) is 0.762. The Morgan fingerprint density at radius 2 is 1.88 bits per heavy atom. The Kier molecular flexibility index (Phi) is 5.11. The number of ether oxygens (including phenoxy) is 4. The number of esters is 2. The van der Waals surface area contributed by atoms with Crippen LogP contribution in [0, 0.1) is 5.41 Å². The molecular weight excluding hydrogens is 324 g/mol. The third-order valence-corrected chi connectivity index (χ3v) is 5.31. The summed E-state index contributed by atoms with van der Waals surface area (Å²) < 4.78 is 21.3. The Bertz CT molecular complexity index is 620. The van der Waals surface area contributed by atoms with Gasteiger partial charge >= 0.3 is 17.7 Å². The molecule has 136 valence electrons. The first-order valence-corrected chi connectivity index (χ1v) is 8.56. The van der Waals surface area contributed by atoms with Gasteiger partial charge in [0.15, 0.2) is 0 Å². The molecule has 1 heterocycles. The number of cyclic esters (lactones) is 1. The standard InChI is InChI=1S/C19H24O6/c1-22-17(21)19(23-2)13-18(16(20)25-19)10-8-15(9-11-18)24-12-14-6-4-3-5-7-14/h3-7,15H,8-13H2,1-2H3. The van der Waals surface area contributed by atoms with Crippen LogP contribution in [-0.4, -0.2) is 38.0 Å². The number of hydrogen-bond donors (Lipinski definition) is 0. The molecule has 1 atom stereocenters. The smallest absolute Gasteiger partial charge is 0.379 e. The van der Waals surface area contributed by atoms with E-state index < -0.39 is 17.2 Å². The van der Waals surface area contributed by atoms with Crippen LogP contribution in [0.25, 0.3) is 0 Å². The van der Waals surface area contributed by atoms with E-state index in [0.29, 0.717) is 19.4 Å². The second-order valence-corrected chi connectivity index (χ2v) is 6.79. The average Bonchev–Trinajstić information content (AvgIpc) is 2.94. The van der Waals surface area contributed by atoms with Crippen LogP contribution in [0.2, 0.25) is 0 Å². The van der Waals surface area contributed by atoms with Crippen LogP contribution in [0.4, 0.5) is 0 Å². The molecule has 6 heteroatoms. The number of carbonyl (C=O) groups is 2. The minimum atomic E-state index is -1.61. The Morgan fingerprint density at radius 3 is 2.48 bits per heavy atom. The summed E-state index contributed by atoms with van der Waals surface area (Å²) in [4.78, 5) is 24.5. The predicted molar refractivity (Wildman–Crippen MR) is 88.4 cm³/mol. The van der Waals surface area contributed by atoms with Crippen LogP contribution >= 0.6 is 0 Å². The third kappa shape index (κ3) is 3.41. The molecule has 1 aromatic rings. The molecule has 2 fully saturated rings. The maximum Gasteiger partial charge on any atom is 0.379 e. The number of carbonyl (C=O) groups excluding carboxylic acids is 2. The van der Waals surface area contributed by atoms with Gasteiger partial charge in [-0.25, -0.2) is 4.79 Å². The first-order chi connectivity index (χ1) is 12.0. The molecule has 1 aromatic carbocycles. The first kappa shape index (κ1) is 17.9. The van der Waals surface area contributed by atoms with Crippen molar-refractivity contribution < 1.29 is 28.5 Å². The van der Waals surface area contributed by atoms with Gasteiger partial charge in [0.25, 0.3) is 0 Å². The summed E-state index contributed by atoms with van der Waals surface area (Å²) in [6, 6.07) is 10.0. The molecule has 1 saturated heterocycles. The summed E-state index contributed by atoms with van der Waals surface area (Å²) in [7, 11) is 2.62. The van der Waals surface area contributed by atoms with Crippen molar-refractivity contribution in [2.45, 2.75) is 50.6 Å². The van der Waals surface area contributed by atoms with Crippen LogP contribution in [0.15, 0.2) is 30.3 Å². The Labute approximate surface area is 147 Å². The summed E-state index contributed by atoms with van der Waals surface area (Å²) in [5, 5.41) is 0. The largest absolute Gasteiger partial charge is 0.464 e. The molecule has 1 aliphatic heterocycles. The van der Waals surface area contributed by atoms with Crippen molar-refractivity contribution in [1.29, 1.82) is 0 Å². The summed E-state index contributed by atoms with van der Waals surface area (Å²) in [5.41, 5.74) is 0.448. The molecule has 3 rings (SSSR count). The molecule has 0 aromatic heterocycles. The number of hydrogen-bond acceptors (Lipinski definition) is 6. The Balaban J connectivity index is 1.59. The zero-order valence-electron chi connectivity index (χ0n) is 14.7. The van der Waals surface area contributed by atoms with Gasteiger partial charge in [-0.15, -0.1) is 0 Å². The molecule has 1 unspecified atom stereocenters. The van der Waals surface area contributed by atoms with E-state index in [1.54, 1.807) is 0 Å². The number of benzene rings is 1. The van der Waals surface area contributed by atoms with E-state index in [2.05, 4.69) is 0 Å². The Hall–Kier alpha value is -1.92. The maximum atomic E-state index is 12.5. The SMILES string of the molecule is COC(=O)C1(OC)CC2(CCC(OCc3ccccc3)CC2)C(=O)O1. The second kappa shape index (κ2) is 7.14. The molecule has 0 bridgehead atoms. The van der Waals surface area contributed by atoms with Gasteiger partial charge in [0.05, 0.1) is 25.2 Å². The minimum absolute atomic E-state index is 0.106. The molecular formula is C19H24O6. The molecule has 0 radical (unpaired) electrons. The maximum absolute atomic E-state index is 12.5. The van der Waals surface area contributed by atoms with Crippen molar-refractivity contribution in [3.8, 4) is 0 Å². The van der Waals surface area contributed by atoms with Crippen LogP contribution in [0.1, 0.15) is 37.7 Å². The highest BCUT2D eigenvalue weighted by atomic mass is 16.7.